The average molecular weight is 256 g/mol. The lowest BCUT2D eigenvalue weighted by Crippen LogP contribution is -2.29. The Kier molecular flexibility index (Phi) is 3.63. The number of nitrogens with one attached hydrogen (secondary N) is 2. The highest BCUT2D eigenvalue weighted by molar-refractivity contribution is 7.89. The summed E-state index contributed by atoms with van der Waals surface area (Å²) >= 11 is 0. The monoisotopic (exact) mass is 256 g/mol. The van der Waals surface area contributed by atoms with Gasteiger partial charge in [0.1, 0.15) is 4.90 Å². The van der Waals surface area contributed by atoms with Crippen LogP contribution in [0.2, 0.25) is 0 Å². The molecule has 0 atom stereocenters. The van der Waals surface area contributed by atoms with Crippen molar-refractivity contribution in [2.45, 2.75) is 30.6 Å². The first-order valence-corrected chi connectivity index (χ1v) is 7.25. The van der Waals surface area contributed by atoms with E-state index in [1.807, 2.05) is 0 Å². The number of aromatic nitrogens is 1. The molecular formula is C11H16N2O3S. The molecule has 0 bridgehead atoms. The van der Waals surface area contributed by atoms with Crippen LogP contribution in [0.4, 0.5) is 0 Å². The summed E-state index contributed by atoms with van der Waals surface area (Å²) in [6, 6.07) is 1.21. The largest absolute Gasteiger partial charge is 0.366 e. The van der Waals surface area contributed by atoms with Crippen molar-refractivity contribution in [2.24, 2.45) is 5.92 Å². The van der Waals surface area contributed by atoms with E-state index in [1.54, 1.807) is 0 Å². The van der Waals surface area contributed by atoms with Gasteiger partial charge in [0.2, 0.25) is 15.5 Å². The van der Waals surface area contributed by atoms with E-state index >= 15 is 0 Å². The summed E-state index contributed by atoms with van der Waals surface area (Å²) < 4.78 is 26.0. The average Bonchev–Trinajstić information content (AvgIpc) is 3.09. The Balaban J connectivity index is 1.93. The van der Waals surface area contributed by atoms with Crippen LogP contribution in [0.25, 0.3) is 0 Å². The van der Waals surface area contributed by atoms with Crippen LogP contribution in [-0.4, -0.2) is 19.9 Å². The molecule has 1 heterocycles. The molecule has 0 radical (unpaired) electrons. The van der Waals surface area contributed by atoms with Gasteiger partial charge in [-0.05, 0) is 18.8 Å². The second-order valence-electron chi connectivity index (χ2n) is 4.36. The zero-order valence-corrected chi connectivity index (χ0v) is 10.3. The van der Waals surface area contributed by atoms with Crippen LogP contribution in [0.5, 0.6) is 0 Å². The lowest BCUT2D eigenvalue weighted by atomic mass is 10.2. The summed E-state index contributed by atoms with van der Waals surface area (Å²) in [6.07, 6.45) is 7.05. The quantitative estimate of drug-likeness (QED) is 0.740. The number of hydrogen-bond donors (Lipinski definition) is 2. The third-order valence-corrected chi connectivity index (χ3v) is 4.34. The first-order chi connectivity index (χ1) is 8.09. The smallest absolute Gasteiger partial charge is 0.245 e. The van der Waals surface area contributed by atoms with E-state index in [0.29, 0.717) is 6.54 Å². The molecule has 5 nitrogen and oxygen atoms in total. The van der Waals surface area contributed by atoms with E-state index in [1.165, 1.54) is 31.3 Å². The van der Waals surface area contributed by atoms with Gasteiger partial charge in [-0.3, -0.25) is 4.79 Å². The Labute approximate surface area is 100 Å². The maximum atomic E-state index is 11.8. The molecule has 94 valence electrons. The Hall–Kier alpha value is -1.14. The molecule has 0 aliphatic heterocycles. The van der Waals surface area contributed by atoms with Crippen molar-refractivity contribution in [3.8, 4) is 0 Å². The van der Waals surface area contributed by atoms with E-state index in [0.717, 1.165) is 18.8 Å². The summed E-state index contributed by atoms with van der Waals surface area (Å²) in [5.41, 5.74) is -0.488. The van der Waals surface area contributed by atoms with Crippen LogP contribution in [0.3, 0.4) is 0 Å². The van der Waals surface area contributed by atoms with Crippen molar-refractivity contribution in [3.63, 3.8) is 0 Å². The second-order valence-corrected chi connectivity index (χ2v) is 6.09. The van der Waals surface area contributed by atoms with Crippen molar-refractivity contribution in [2.75, 3.05) is 6.54 Å². The maximum absolute atomic E-state index is 11.8. The predicted octanol–water partition coefficient (Wildman–Crippen LogP) is 0.843. The summed E-state index contributed by atoms with van der Waals surface area (Å²) in [5, 5.41) is 0. The zero-order chi connectivity index (χ0) is 12.3. The molecule has 0 unspecified atom stereocenters. The molecule has 1 aromatic rings. The van der Waals surface area contributed by atoms with E-state index in [-0.39, 0.29) is 4.90 Å². The normalized spacial score (nSPS) is 16.0. The van der Waals surface area contributed by atoms with Crippen LogP contribution in [0.15, 0.2) is 28.2 Å². The molecule has 0 aromatic carbocycles. The van der Waals surface area contributed by atoms with Crippen molar-refractivity contribution in [3.05, 3.63) is 28.7 Å². The summed E-state index contributed by atoms with van der Waals surface area (Å²) in [7, 11) is -3.66. The maximum Gasteiger partial charge on any atom is 0.245 e. The van der Waals surface area contributed by atoms with Gasteiger partial charge in [0, 0.05) is 25.0 Å². The Morgan fingerprint density at radius 2 is 2.18 bits per heavy atom. The number of H-pyrrole nitrogens is 1. The second kappa shape index (κ2) is 5.01. The van der Waals surface area contributed by atoms with Gasteiger partial charge in [-0.15, -0.1) is 0 Å². The zero-order valence-electron chi connectivity index (χ0n) is 9.48. The first-order valence-electron chi connectivity index (χ1n) is 5.76. The Bertz CT molecular complexity index is 532. The minimum Gasteiger partial charge on any atom is -0.366 e. The summed E-state index contributed by atoms with van der Waals surface area (Å²) in [4.78, 5) is 13.8. The molecule has 1 aromatic heterocycles. The fourth-order valence-corrected chi connectivity index (χ4v) is 2.82. The third-order valence-electron chi connectivity index (χ3n) is 2.86. The van der Waals surface area contributed by atoms with E-state index in [4.69, 9.17) is 0 Å². The van der Waals surface area contributed by atoms with Crippen LogP contribution in [-0.2, 0) is 10.0 Å². The van der Waals surface area contributed by atoms with Crippen molar-refractivity contribution in [1.29, 1.82) is 0 Å². The predicted molar refractivity (Wildman–Crippen MR) is 64.2 cm³/mol. The SMILES string of the molecule is O=c1cc[nH]cc1S(=O)(=O)NCCCC1CC1. The number of sulfonamides is 1. The van der Waals surface area contributed by atoms with Crippen molar-refractivity contribution < 1.29 is 8.42 Å². The van der Waals surface area contributed by atoms with E-state index in [2.05, 4.69) is 9.71 Å². The molecule has 1 aliphatic rings. The van der Waals surface area contributed by atoms with Gasteiger partial charge in [-0.2, -0.15) is 0 Å². The summed E-state index contributed by atoms with van der Waals surface area (Å²) in [6.45, 7) is 0.396. The number of hydrogen-bond acceptors (Lipinski definition) is 3. The third kappa shape index (κ3) is 3.41. The van der Waals surface area contributed by atoms with Gasteiger partial charge >= 0.3 is 0 Å². The van der Waals surface area contributed by atoms with Crippen molar-refractivity contribution in [1.82, 2.24) is 9.71 Å². The molecule has 1 aliphatic carbocycles. The molecule has 2 rings (SSSR count). The van der Waals surface area contributed by atoms with Gasteiger partial charge < -0.3 is 4.98 Å². The lowest BCUT2D eigenvalue weighted by Gasteiger charge is -2.05. The molecule has 1 fully saturated rings. The van der Waals surface area contributed by atoms with E-state index < -0.39 is 15.5 Å². The van der Waals surface area contributed by atoms with Crippen LogP contribution in [0, 0.1) is 5.92 Å². The Morgan fingerprint density at radius 3 is 2.82 bits per heavy atom. The van der Waals surface area contributed by atoms with Gasteiger partial charge in [-0.25, -0.2) is 13.1 Å². The number of pyridine rings is 1. The standard InChI is InChI=1S/C11H16N2O3S/c14-10-5-7-12-8-11(10)17(15,16)13-6-1-2-9-3-4-9/h5,7-9,13H,1-4,6H2,(H,12,14). The molecule has 1 saturated carbocycles. The van der Waals surface area contributed by atoms with Crippen molar-refractivity contribution >= 4 is 10.0 Å². The summed E-state index contributed by atoms with van der Waals surface area (Å²) in [5.74, 6) is 0.791. The Morgan fingerprint density at radius 1 is 1.41 bits per heavy atom. The molecule has 6 heteroatoms. The molecule has 17 heavy (non-hydrogen) atoms. The van der Waals surface area contributed by atoms with Crippen LogP contribution < -0.4 is 10.2 Å². The molecule has 0 saturated heterocycles. The topological polar surface area (TPSA) is 79.0 Å². The highest BCUT2D eigenvalue weighted by Gasteiger charge is 2.21. The molecule has 2 N–H and O–H groups in total. The van der Waals surface area contributed by atoms with E-state index in [9.17, 15) is 13.2 Å². The highest BCUT2D eigenvalue weighted by atomic mass is 32.2. The fourth-order valence-electron chi connectivity index (χ4n) is 1.69. The molecule has 0 spiro atoms. The molecular weight excluding hydrogens is 240 g/mol. The lowest BCUT2D eigenvalue weighted by molar-refractivity contribution is 0.571. The van der Waals surface area contributed by atoms with Gasteiger partial charge in [-0.1, -0.05) is 12.8 Å². The first kappa shape index (κ1) is 12.3. The number of rotatable bonds is 6. The molecule has 0 amide bonds. The number of aromatic amines is 1. The minimum atomic E-state index is -3.66. The highest BCUT2D eigenvalue weighted by Crippen LogP contribution is 2.33. The van der Waals surface area contributed by atoms with Gasteiger partial charge in [0.05, 0.1) is 0 Å². The van der Waals surface area contributed by atoms with Crippen LogP contribution >= 0.6 is 0 Å². The van der Waals surface area contributed by atoms with Crippen LogP contribution in [0.1, 0.15) is 25.7 Å². The van der Waals surface area contributed by atoms with Gasteiger partial charge in [0.25, 0.3) is 0 Å². The van der Waals surface area contributed by atoms with Gasteiger partial charge in [0.15, 0.2) is 0 Å². The fraction of sp³-hybridized carbons (Fsp3) is 0.545. The minimum absolute atomic E-state index is 0.216.